The molecule has 0 bridgehead atoms. The fourth-order valence-corrected chi connectivity index (χ4v) is 3.34. The number of aryl methyl sites for hydroxylation is 1. The molecule has 4 heteroatoms. The Labute approximate surface area is 159 Å². The molecular formula is C22H17BrF2O. The van der Waals surface area contributed by atoms with Crippen molar-refractivity contribution < 1.29 is 13.6 Å². The van der Waals surface area contributed by atoms with Crippen LogP contribution in [-0.2, 0) is 11.2 Å². The Morgan fingerprint density at radius 2 is 1.69 bits per heavy atom. The Bertz CT molecular complexity index is 935. The molecule has 0 heterocycles. The molecule has 0 aliphatic rings. The largest absolute Gasteiger partial charge is 0.298 e. The molecule has 3 aromatic rings. The van der Waals surface area contributed by atoms with Gasteiger partial charge in [0, 0.05) is 10.9 Å². The highest BCUT2D eigenvalue weighted by Crippen LogP contribution is 2.30. The van der Waals surface area contributed by atoms with Crippen molar-refractivity contribution in [3.05, 3.63) is 105 Å². The zero-order chi connectivity index (χ0) is 18.7. The van der Waals surface area contributed by atoms with Crippen LogP contribution < -0.4 is 0 Å². The Kier molecular flexibility index (Phi) is 5.62. The molecule has 0 fully saturated rings. The molecule has 0 aliphatic heterocycles. The van der Waals surface area contributed by atoms with Gasteiger partial charge in [0.15, 0.2) is 0 Å². The first kappa shape index (κ1) is 18.5. The van der Waals surface area contributed by atoms with E-state index in [0.717, 1.165) is 39.4 Å². The summed E-state index contributed by atoms with van der Waals surface area (Å²) in [4.78, 5) is 13.1. The van der Waals surface area contributed by atoms with Gasteiger partial charge in [-0.1, -0.05) is 52.3 Å². The average molecular weight is 415 g/mol. The lowest BCUT2D eigenvalue weighted by Crippen LogP contribution is -2.18. The highest BCUT2D eigenvalue weighted by atomic mass is 79.9. The number of carbonyl (C=O) groups excluding carboxylic acids is 1. The lowest BCUT2D eigenvalue weighted by molar-refractivity contribution is -0.119. The molecule has 0 saturated carbocycles. The van der Waals surface area contributed by atoms with Crippen LogP contribution in [0.5, 0.6) is 0 Å². The van der Waals surface area contributed by atoms with Crippen LogP contribution in [0.2, 0.25) is 0 Å². The number of carbonyl (C=O) groups is 1. The molecule has 3 rings (SSSR count). The van der Waals surface area contributed by atoms with Gasteiger partial charge in [0.25, 0.3) is 0 Å². The fraction of sp³-hybridized carbons (Fsp3) is 0.136. The van der Waals surface area contributed by atoms with Gasteiger partial charge >= 0.3 is 0 Å². The van der Waals surface area contributed by atoms with Crippen molar-refractivity contribution in [1.82, 2.24) is 0 Å². The van der Waals surface area contributed by atoms with E-state index < -0.39 is 17.6 Å². The van der Waals surface area contributed by atoms with Crippen LogP contribution in [0.4, 0.5) is 8.78 Å². The van der Waals surface area contributed by atoms with Gasteiger partial charge in [0.05, 0.1) is 5.92 Å². The maximum Gasteiger partial charge on any atom is 0.149 e. The second-order valence-corrected chi connectivity index (χ2v) is 7.14. The monoisotopic (exact) mass is 414 g/mol. The minimum atomic E-state index is -0.570. The highest BCUT2D eigenvalue weighted by molar-refractivity contribution is 9.10. The van der Waals surface area contributed by atoms with E-state index in [1.807, 2.05) is 55.5 Å². The molecule has 0 spiro atoms. The first-order chi connectivity index (χ1) is 12.5. The Balaban J connectivity index is 2.02. The summed E-state index contributed by atoms with van der Waals surface area (Å²) in [5, 5.41) is 0. The Morgan fingerprint density at radius 1 is 1.00 bits per heavy atom. The molecule has 0 radical (unpaired) electrons. The van der Waals surface area contributed by atoms with Crippen LogP contribution in [0.25, 0.3) is 0 Å². The van der Waals surface area contributed by atoms with Gasteiger partial charge in [-0.25, -0.2) is 8.78 Å². The van der Waals surface area contributed by atoms with Crippen molar-refractivity contribution in [1.29, 1.82) is 0 Å². The van der Waals surface area contributed by atoms with E-state index in [1.54, 1.807) is 0 Å². The third kappa shape index (κ3) is 4.07. The molecule has 0 saturated heterocycles. The van der Waals surface area contributed by atoms with Crippen molar-refractivity contribution in [3.63, 3.8) is 0 Å². The van der Waals surface area contributed by atoms with Crippen molar-refractivity contribution in [2.24, 2.45) is 0 Å². The first-order valence-electron chi connectivity index (χ1n) is 8.23. The molecule has 0 amide bonds. The SMILES string of the molecule is Cc1ccccc1C(C(=O)Cc1cc(F)ccc1F)c1ccc(Br)cc1. The molecule has 0 aromatic heterocycles. The molecule has 1 unspecified atom stereocenters. The first-order valence-corrected chi connectivity index (χ1v) is 9.02. The lowest BCUT2D eigenvalue weighted by atomic mass is 9.83. The van der Waals surface area contributed by atoms with Crippen molar-refractivity contribution in [3.8, 4) is 0 Å². The van der Waals surface area contributed by atoms with Gasteiger partial charge in [-0.2, -0.15) is 0 Å². The molecule has 1 nitrogen and oxygen atoms in total. The molecule has 26 heavy (non-hydrogen) atoms. The van der Waals surface area contributed by atoms with Gasteiger partial charge in [-0.3, -0.25) is 4.79 Å². The third-order valence-corrected chi connectivity index (χ3v) is 4.93. The normalized spacial score (nSPS) is 12.0. The number of halogens is 3. The standard InChI is InChI=1S/C22H17BrF2O/c1-14-4-2-3-5-19(14)22(15-6-8-17(23)9-7-15)21(26)13-16-12-18(24)10-11-20(16)25/h2-12,22H,13H2,1H3. The van der Waals surface area contributed by atoms with E-state index in [4.69, 9.17) is 0 Å². The minimum absolute atomic E-state index is 0.0747. The molecule has 0 N–H and O–H groups in total. The summed E-state index contributed by atoms with van der Waals surface area (Å²) < 4.78 is 28.4. The van der Waals surface area contributed by atoms with Crippen molar-refractivity contribution >= 4 is 21.7 Å². The van der Waals surface area contributed by atoms with Crippen LogP contribution in [-0.4, -0.2) is 5.78 Å². The van der Waals surface area contributed by atoms with Crippen LogP contribution in [0.1, 0.15) is 28.2 Å². The topological polar surface area (TPSA) is 17.1 Å². The van der Waals surface area contributed by atoms with Crippen LogP contribution >= 0.6 is 15.9 Å². The smallest absolute Gasteiger partial charge is 0.149 e. The van der Waals surface area contributed by atoms with E-state index in [0.29, 0.717) is 0 Å². The summed E-state index contributed by atoms with van der Waals surface area (Å²) in [5.41, 5.74) is 2.75. The molecule has 1 atom stereocenters. The van der Waals surface area contributed by atoms with Gasteiger partial charge in [0.1, 0.15) is 17.4 Å². The van der Waals surface area contributed by atoms with Gasteiger partial charge in [0.2, 0.25) is 0 Å². The van der Waals surface area contributed by atoms with Crippen LogP contribution in [0.15, 0.2) is 71.2 Å². The van der Waals surface area contributed by atoms with E-state index in [1.165, 1.54) is 0 Å². The summed E-state index contributed by atoms with van der Waals surface area (Å²) in [6, 6.07) is 18.3. The van der Waals surface area contributed by atoms with E-state index in [2.05, 4.69) is 15.9 Å². The van der Waals surface area contributed by atoms with Gasteiger partial charge in [-0.05, 0) is 59.5 Å². The van der Waals surface area contributed by atoms with E-state index in [-0.39, 0.29) is 17.8 Å². The lowest BCUT2D eigenvalue weighted by Gasteiger charge is -2.19. The zero-order valence-electron chi connectivity index (χ0n) is 14.2. The number of rotatable bonds is 5. The summed E-state index contributed by atoms with van der Waals surface area (Å²) in [5.74, 6) is -1.83. The maximum atomic E-state index is 14.0. The van der Waals surface area contributed by atoms with Crippen molar-refractivity contribution in [2.75, 3.05) is 0 Å². The van der Waals surface area contributed by atoms with Gasteiger partial charge in [-0.15, -0.1) is 0 Å². The average Bonchev–Trinajstić information content (AvgIpc) is 2.62. The summed E-state index contributed by atoms with van der Waals surface area (Å²) in [7, 11) is 0. The predicted octanol–water partition coefficient (Wildman–Crippen LogP) is 5.98. The second-order valence-electron chi connectivity index (χ2n) is 6.22. The number of hydrogen-bond acceptors (Lipinski definition) is 1. The van der Waals surface area contributed by atoms with Gasteiger partial charge < -0.3 is 0 Å². The third-order valence-electron chi connectivity index (χ3n) is 4.40. The summed E-state index contributed by atoms with van der Waals surface area (Å²) in [6.07, 6.45) is -0.168. The molecule has 0 aliphatic carbocycles. The van der Waals surface area contributed by atoms with Crippen LogP contribution in [0.3, 0.4) is 0 Å². The number of benzene rings is 3. The van der Waals surface area contributed by atoms with E-state index in [9.17, 15) is 13.6 Å². The number of hydrogen-bond donors (Lipinski definition) is 0. The van der Waals surface area contributed by atoms with Crippen molar-refractivity contribution in [2.45, 2.75) is 19.3 Å². The predicted molar refractivity (Wildman–Crippen MR) is 102 cm³/mol. The zero-order valence-corrected chi connectivity index (χ0v) is 15.8. The Morgan fingerprint density at radius 3 is 2.38 bits per heavy atom. The molecule has 3 aromatic carbocycles. The maximum absolute atomic E-state index is 14.0. The number of ketones is 1. The summed E-state index contributed by atoms with van der Waals surface area (Å²) in [6.45, 7) is 1.94. The minimum Gasteiger partial charge on any atom is -0.298 e. The second kappa shape index (κ2) is 7.92. The number of Topliss-reactive ketones (excluding diaryl/α,β-unsaturated/α-hetero) is 1. The molecular weight excluding hydrogens is 398 g/mol. The summed E-state index contributed by atoms with van der Waals surface area (Å²) >= 11 is 3.40. The van der Waals surface area contributed by atoms with Crippen LogP contribution in [0, 0.1) is 18.6 Å². The quantitative estimate of drug-likeness (QED) is 0.501. The fourth-order valence-electron chi connectivity index (χ4n) is 3.07. The highest BCUT2D eigenvalue weighted by Gasteiger charge is 2.25. The molecule has 132 valence electrons. The van der Waals surface area contributed by atoms with E-state index >= 15 is 0 Å². The Hall–Kier alpha value is -2.33.